The summed E-state index contributed by atoms with van der Waals surface area (Å²) in [6, 6.07) is 3.56. The fourth-order valence-corrected chi connectivity index (χ4v) is 3.64. The van der Waals surface area contributed by atoms with E-state index < -0.39 is 0 Å². The summed E-state index contributed by atoms with van der Waals surface area (Å²) in [5.41, 5.74) is 0.890. The normalized spacial score (nSPS) is 25.6. The molecule has 3 saturated heterocycles. The van der Waals surface area contributed by atoms with E-state index in [-0.39, 0.29) is 11.9 Å². The number of aromatic nitrogens is 1. The molecule has 0 radical (unpaired) electrons. The maximum atomic E-state index is 12.5. The molecule has 7 heteroatoms. The Morgan fingerprint density at radius 2 is 2.21 bits per heavy atom. The van der Waals surface area contributed by atoms with E-state index in [0.717, 1.165) is 37.9 Å². The van der Waals surface area contributed by atoms with Crippen LogP contribution in [0.2, 0.25) is 0 Å². The molecule has 0 unspecified atom stereocenters. The van der Waals surface area contributed by atoms with Crippen LogP contribution in [0.1, 0.15) is 23.3 Å². The predicted octanol–water partition coefficient (Wildman–Crippen LogP) is 1.24. The van der Waals surface area contributed by atoms with Crippen LogP contribution in [-0.4, -0.2) is 54.9 Å². The molecule has 126 valence electrons. The van der Waals surface area contributed by atoms with Crippen LogP contribution in [0.3, 0.4) is 0 Å². The van der Waals surface area contributed by atoms with Gasteiger partial charge in [-0.05, 0) is 31.8 Å². The Kier molecular flexibility index (Phi) is 3.72. The zero-order chi connectivity index (χ0) is 16.7. The second kappa shape index (κ2) is 5.90. The lowest BCUT2D eigenvalue weighted by Crippen LogP contribution is -2.57. The number of furan rings is 1. The van der Waals surface area contributed by atoms with E-state index >= 15 is 0 Å². The molecule has 24 heavy (non-hydrogen) atoms. The number of pyridine rings is 1. The third-order valence-electron chi connectivity index (χ3n) is 5.10. The van der Waals surface area contributed by atoms with E-state index in [1.54, 1.807) is 25.4 Å². The molecular formula is C17H20N4O3. The Bertz CT molecular complexity index is 779. The fourth-order valence-electron chi connectivity index (χ4n) is 3.64. The fraction of sp³-hybridized carbons (Fsp3) is 0.471. The first-order chi connectivity index (χ1) is 11.6. The van der Waals surface area contributed by atoms with Gasteiger partial charge in [0, 0.05) is 43.4 Å². The van der Waals surface area contributed by atoms with E-state index in [0.29, 0.717) is 29.5 Å². The van der Waals surface area contributed by atoms with Gasteiger partial charge in [0.2, 0.25) is 12.3 Å². The lowest BCUT2D eigenvalue weighted by molar-refractivity contribution is -0.107. The molecule has 3 fully saturated rings. The van der Waals surface area contributed by atoms with Crippen LogP contribution in [0.5, 0.6) is 0 Å². The monoisotopic (exact) mass is 328 g/mol. The zero-order valence-electron chi connectivity index (χ0n) is 13.6. The molecule has 2 aromatic rings. The molecular weight excluding hydrogens is 308 g/mol. The minimum absolute atomic E-state index is 0.169. The summed E-state index contributed by atoms with van der Waals surface area (Å²) in [4.78, 5) is 31.3. The topological polar surface area (TPSA) is 78.7 Å². The number of piperidine rings is 3. The minimum atomic E-state index is -0.169. The smallest absolute Gasteiger partial charge is 0.270 e. The van der Waals surface area contributed by atoms with Crippen molar-refractivity contribution in [1.29, 1.82) is 0 Å². The van der Waals surface area contributed by atoms with Crippen LogP contribution >= 0.6 is 0 Å². The molecule has 0 aromatic carbocycles. The third-order valence-corrected chi connectivity index (χ3v) is 5.10. The molecule has 0 saturated carbocycles. The highest BCUT2D eigenvalue weighted by molar-refractivity contribution is 5.96. The van der Waals surface area contributed by atoms with Gasteiger partial charge in [-0.25, -0.2) is 0 Å². The standard InChI is InChI=1S/C17H20N4O3/c1-20(10-22)16-6-12-8-18-13(7-15(12)24-16)17(23)19-14-9-21-4-2-11(14)3-5-21/h6-8,10-11,14H,2-5,9H2,1H3,(H,19,23)/t14-/m0/s1. The number of fused-ring (bicyclic) bond motifs is 4. The van der Waals surface area contributed by atoms with Crippen molar-refractivity contribution in [3.05, 3.63) is 24.0 Å². The Hall–Kier alpha value is -2.41. The second-order valence-corrected chi connectivity index (χ2v) is 6.63. The van der Waals surface area contributed by atoms with Crippen LogP contribution in [0.15, 0.2) is 22.7 Å². The highest BCUT2D eigenvalue weighted by atomic mass is 16.4. The highest BCUT2D eigenvalue weighted by Gasteiger charge is 2.35. The van der Waals surface area contributed by atoms with Crippen LogP contribution in [-0.2, 0) is 4.79 Å². The van der Waals surface area contributed by atoms with Gasteiger partial charge in [0.05, 0.1) is 0 Å². The Morgan fingerprint density at radius 3 is 2.88 bits per heavy atom. The average molecular weight is 328 g/mol. The van der Waals surface area contributed by atoms with Gasteiger partial charge in [0.1, 0.15) is 11.3 Å². The number of nitrogens with one attached hydrogen (secondary N) is 1. The first-order valence-electron chi connectivity index (χ1n) is 8.25. The van der Waals surface area contributed by atoms with E-state index in [4.69, 9.17) is 4.42 Å². The molecule has 7 nitrogen and oxygen atoms in total. The lowest BCUT2D eigenvalue weighted by atomic mass is 9.84. The third kappa shape index (κ3) is 2.65. The molecule has 1 atom stereocenters. The van der Waals surface area contributed by atoms with Crippen LogP contribution < -0.4 is 10.2 Å². The van der Waals surface area contributed by atoms with Crippen molar-refractivity contribution in [2.24, 2.45) is 5.92 Å². The van der Waals surface area contributed by atoms with Gasteiger partial charge in [0.15, 0.2) is 0 Å². The molecule has 2 bridgehead atoms. The van der Waals surface area contributed by atoms with E-state index in [2.05, 4.69) is 15.2 Å². The van der Waals surface area contributed by atoms with Crippen LogP contribution in [0.4, 0.5) is 5.88 Å². The summed E-state index contributed by atoms with van der Waals surface area (Å²) in [6.45, 7) is 3.20. The van der Waals surface area contributed by atoms with E-state index in [9.17, 15) is 9.59 Å². The van der Waals surface area contributed by atoms with Gasteiger partial charge in [-0.1, -0.05) is 0 Å². The van der Waals surface area contributed by atoms with Crippen molar-refractivity contribution in [2.75, 3.05) is 31.6 Å². The highest BCUT2D eigenvalue weighted by Crippen LogP contribution is 2.28. The predicted molar refractivity (Wildman–Crippen MR) is 88.9 cm³/mol. The van der Waals surface area contributed by atoms with Gasteiger partial charge < -0.3 is 14.6 Å². The van der Waals surface area contributed by atoms with Gasteiger partial charge in [-0.15, -0.1) is 0 Å². The van der Waals surface area contributed by atoms with Crippen LogP contribution in [0.25, 0.3) is 11.0 Å². The summed E-state index contributed by atoms with van der Waals surface area (Å²) in [7, 11) is 1.61. The number of nitrogens with zero attached hydrogens (tertiary/aromatic N) is 3. The largest absolute Gasteiger partial charge is 0.440 e. The Balaban J connectivity index is 1.52. The van der Waals surface area contributed by atoms with E-state index in [1.807, 2.05) is 0 Å². The summed E-state index contributed by atoms with van der Waals surface area (Å²) in [5, 5.41) is 3.88. The van der Waals surface area contributed by atoms with E-state index in [1.165, 1.54) is 4.90 Å². The molecule has 2 amide bonds. The van der Waals surface area contributed by atoms with Gasteiger partial charge in [-0.2, -0.15) is 0 Å². The number of carbonyl (C=O) groups excluding carboxylic acids is 2. The lowest BCUT2D eigenvalue weighted by Gasteiger charge is -2.44. The first-order valence-corrected chi connectivity index (χ1v) is 8.25. The zero-order valence-corrected chi connectivity index (χ0v) is 13.6. The molecule has 3 aliphatic heterocycles. The van der Waals surface area contributed by atoms with Gasteiger partial charge in [-0.3, -0.25) is 19.5 Å². The second-order valence-electron chi connectivity index (χ2n) is 6.63. The summed E-state index contributed by atoms with van der Waals surface area (Å²) < 4.78 is 5.62. The molecule has 0 spiro atoms. The number of hydrogen-bond acceptors (Lipinski definition) is 5. The number of carbonyl (C=O) groups is 2. The molecule has 5 rings (SSSR count). The maximum absolute atomic E-state index is 12.5. The summed E-state index contributed by atoms with van der Waals surface area (Å²) in [6.07, 6.45) is 4.58. The van der Waals surface area contributed by atoms with Crippen LogP contribution in [0, 0.1) is 5.92 Å². The van der Waals surface area contributed by atoms with Crippen molar-refractivity contribution in [3.8, 4) is 0 Å². The quantitative estimate of drug-likeness (QED) is 0.855. The molecule has 3 aliphatic rings. The Morgan fingerprint density at radius 1 is 1.42 bits per heavy atom. The summed E-state index contributed by atoms with van der Waals surface area (Å²) in [5.74, 6) is 0.827. The van der Waals surface area contributed by atoms with Crippen molar-refractivity contribution in [2.45, 2.75) is 18.9 Å². The number of amides is 2. The molecule has 2 aromatic heterocycles. The average Bonchev–Trinajstić information content (AvgIpc) is 3.05. The van der Waals surface area contributed by atoms with Crippen molar-refractivity contribution in [3.63, 3.8) is 0 Å². The number of anilines is 1. The SMILES string of the molecule is CN(C=O)c1cc2cnc(C(=O)N[C@H]3CN4CCC3CC4)cc2o1. The Labute approximate surface area is 139 Å². The van der Waals surface area contributed by atoms with Crippen molar-refractivity contribution >= 4 is 29.2 Å². The summed E-state index contributed by atoms with van der Waals surface area (Å²) >= 11 is 0. The van der Waals surface area contributed by atoms with Crippen molar-refractivity contribution in [1.82, 2.24) is 15.2 Å². The van der Waals surface area contributed by atoms with Gasteiger partial charge >= 0.3 is 0 Å². The first kappa shape index (κ1) is 15.1. The number of hydrogen-bond donors (Lipinski definition) is 1. The molecule has 0 aliphatic carbocycles. The number of rotatable bonds is 4. The molecule has 5 heterocycles. The van der Waals surface area contributed by atoms with Gasteiger partial charge in [0.25, 0.3) is 5.91 Å². The maximum Gasteiger partial charge on any atom is 0.270 e. The minimum Gasteiger partial charge on any atom is -0.440 e. The van der Waals surface area contributed by atoms with Crippen molar-refractivity contribution < 1.29 is 14.0 Å². The molecule has 1 N–H and O–H groups in total.